The molecule has 1 N–H and O–H groups in total. The van der Waals surface area contributed by atoms with E-state index < -0.39 is 0 Å². The molecule has 0 bridgehead atoms. The molecule has 0 atom stereocenters. The van der Waals surface area contributed by atoms with E-state index in [4.69, 9.17) is 27.9 Å². The molecule has 1 aromatic heterocycles. The van der Waals surface area contributed by atoms with E-state index in [1.807, 2.05) is 25.1 Å². The van der Waals surface area contributed by atoms with Gasteiger partial charge in [0, 0.05) is 5.56 Å². The molecule has 0 unspecified atom stereocenters. The van der Waals surface area contributed by atoms with Crippen LogP contribution in [0.2, 0.25) is 10.0 Å². The monoisotopic (exact) mass is 334 g/mol. The van der Waals surface area contributed by atoms with Crippen LogP contribution in [0, 0.1) is 6.92 Å². The molecule has 3 aromatic rings. The summed E-state index contributed by atoms with van der Waals surface area (Å²) in [7, 11) is 0. The van der Waals surface area contributed by atoms with Gasteiger partial charge in [0.25, 0.3) is 0 Å². The summed E-state index contributed by atoms with van der Waals surface area (Å²) in [6.45, 7) is 2.42. The minimum absolute atomic E-state index is 0.392. The van der Waals surface area contributed by atoms with E-state index in [9.17, 15) is 0 Å². The number of aromatic amines is 1. The van der Waals surface area contributed by atoms with Crippen LogP contribution >= 0.6 is 23.2 Å². The molecule has 0 amide bonds. The third-order valence-corrected chi connectivity index (χ3v) is 3.63. The molecule has 0 aliphatic rings. The molecule has 1 heterocycles. The Balaban J connectivity index is 1.82. The second-order valence-electron chi connectivity index (χ2n) is 4.78. The highest BCUT2D eigenvalue weighted by molar-refractivity contribution is 6.37. The first-order valence-corrected chi connectivity index (χ1v) is 7.30. The number of hydrogen-bond donors (Lipinski definition) is 1. The van der Waals surface area contributed by atoms with Gasteiger partial charge in [-0.3, -0.25) is 0 Å². The van der Waals surface area contributed by atoms with Gasteiger partial charge >= 0.3 is 0 Å². The average Bonchev–Trinajstić information content (AvgIpc) is 3.00. The quantitative estimate of drug-likeness (QED) is 0.781. The summed E-state index contributed by atoms with van der Waals surface area (Å²) in [5.41, 5.74) is 2.90. The van der Waals surface area contributed by atoms with Crippen LogP contribution in [0.15, 0.2) is 36.4 Å². The van der Waals surface area contributed by atoms with Crippen LogP contribution in [0.3, 0.4) is 0 Å². The van der Waals surface area contributed by atoms with Gasteiger partial charge in [-0.05, 0) is 29.8 Å². The predicted molar refractivity (Wildman–Crippen MR) is 85.1 cm³/mol. The van der Waals surface area contributed by atoms with Gasteiger partial charge in [0.15, 0.2) is 5.75 Å². The van der Waals surface area contributed by atoms with Crippen LogP contribution in [0.5, 0.6) is 5.75 Å². The van der Waals surface area contributed by atoms with Crippen molar-refractivity contribution < 1.29 is 4.74 Å². The fraction of sp³-hybridized carbons (Fsp3) is 0.133. The molecular formula is C15H12Cl2N4O. The summed E-state index contributed by atoms with van der Waals surface area (Å²) in [5, 5.41) is 14.5. The zero-order chi connectivity index (χ0) is 15.5. The number of H-pyrrole nitrogens is 1. The van der Waals surface area contributed by atoms with Crippen molar-refractivity contribution in [1.82, 2.24) is 20.6 Å². The van der Waals surface area contributed by atoms with Crippen molar-refractivity contribution in [3.8, 4) is 17.1 Å². The Morgan fingerprint density at radius 2 is 1.91 bits per heavy atom. The summed E-state index contributed by atoms with van der Waals surface area (Å²) in [4.78, 5) is 0. The molecule has 0 saturated carbocycles. The molecule has 0 aliphatic heterocycles. The Morgan fingerprint density at radius 1 is 1.14 bits per heavy atom. The summed E-state index contributed by atoms with van der Waals surface area (Å²) in [6.07, 6.45) is 0. The first kappa shape index (κ1) is 14.8. The fourth-order valence-corrected chi connectivity index (χ4v) is 2.66. The fourth-order valence-electron chi connectivity index (χ4n) is 2.07. The number of ether oxygens (including phenoxy) is 1. The van der Waals surface area contributed by atoms with E-state index in [1.165, 1.54) is 5.56 Å². The van der Waals surface area contributed by atoms with E-state index >= 15 is 0 Å². The van der Waals surface area contributed by atoms with Gasteiger partial charge in [0.05, 0.1) is 10.0 Å². The molecular weight excluding hydrogens is 323 g/mol. The van der Waals surface area contributed by atoms with Crippen LogP contribution in [0.4, 0.5) is 0 Å². The van der Waals surface area contributed by atoms with Crippen LogP contribution in [0.1, 0.15) is 11.1 Å². The van der Waals surface area contributed by atoms with Crippen LogP contribution in [-0.4, -0.2) is 20.6 Å². The van der Waals surface area contributed by atoms with Gasteiger partial charge in [0.1, 0.15) is 6.61 Å². The molecule has 22 heavy (non-hydrogen) atoms. The third kappa shape index (κ3) is 3.21. The van der Waals surface area contributed by atoms with E-state index in [1.54, 1.807) is 12.1 Å². The third-order valence-electron chi connectivity index (χ3n) is 3.07. The van der Waals surface area contributed by atoms with Crippen molar-refractivity contribution in [3.63, 3.8) is 0 Å². The molecule has 7 heteroatoms. The summed E-state index contributed by atoms with van der Waals surface area (Å²) < 4.78 is 5.75. The van der Waals surface area contributed by atoms with Crippen molar-refractivity contribution in [1.29, 1.82) is 0 Å². The number of rotatable bonds is 4. The van der Waals surface area contributed by atoms with Crippen LogP contribution in [0.25, 0.3) is 11.4 Å². The molecule has 0 spiro atoms. The standard InChI is InChI=1S/C15H12Cl2N4O/c1-9-3-2-4-10(5-9)8-22-14-12(16)6-11(7-13(14)17)15-18-20-21-19-15/h2-7H,8H2,1H3,(H,18,19,20,21). The van der Waals surface area contributed by atoms with Crippen LogP contribution in [-0.2, 0) is 6.61 Å². The normalized spacial score (nSPS) is 10.7. The topological polar surface area (TPSA) is 63.7 Å². The first-order valence-electron chi connectivity index (χ1n) is 6.54. The number of nitrogens with one attached hydrogen (secondary N) is 1. The van der Waals surface area contributed by atoms with Gasteiger partial charge < -0.3 is 4.74 Å². The van der Waals surface area contributed by atoms with Gasteiger partial charge in [-0.2, -0.15) is 5.21 Å². The number of hydrogen-bond acceptors (Lipinski definition) is 4. The number of aromatic nitrogens is 4. The maximum absolute atomic E-state index is 6.25. The van der Waals surface area contributed by atoms with Gasteiger partial charge in [-0.1, -0.05) is 53.0 Å². The molecule has 0 fully saturated rings. The van der Waals surface area contributed by atoms with E-state index in [0.717, 1.165) is 5.56 Å². The Morgan fingerprint density at radius 3 is 2.55 bits per heavy atom. The molecule has 3 rings (SSSR count). The van der Waals surface area contributed by atoms with E-state index in [-0.39, 0.29) is 0 Å². The highest BCUT2D eigenvalue weighted by Crippen LogP contribution is 2.37. The minimum Gasteiger partial charge on any atom is -0.486 e. The molecule has 0 aliphatic carbocycles. The second kappa shape index (κ2) is 6.34. The second-order valence-corrected chi connectivity index (χ2v) is 5.60. The zero-order valence-electron chi connectivity index (χ0n) is 11.7. The largest absolute Gasteiger partial charge is 0.486 e. The van der Waals surface area contributed by atoms with E-state index in [0.29, 0.717) is 33.8 Å². The van der Waals surface area contributed by atoms with Crippen molar-refractivity contribution in [2.45, 2.75) is 13.5 Å². The Labute approximate surface area is 137 Å². The maximum Gasteiger partial charge on any atom is 0.204 e. The smallest absolute Gasteiger partial charge is 0.204 e. The summed E-state index contributed by atoms with van der Waals surface area (Å²) in [6, 6.07) is 11.4. The Kier molecular flexibility index (Phi) is 4.27. The Hall–Kier alpha value is -2.11. The van der Waals surface area contributed by atoms with Crippen molar-refractivity contribution in [3.05, 3.63) is 57.6 Å². The van der Waals surface area contributed by atoms with Crippen molar-refractivity contribution in [2.75, 3.05) is 0 Å². The number of halogens is 2. The van der Waals surface area contributed by atoms with Gasteiger partial charge in [0.2, 0.25) is 5.82 Å². The number of aryl methyl sites for hydroxylation is 1. The molecule has 0 radical (unpaired) electrons. The molecule has 0 saturated heterocycles. The lowest BCUT2D eigenvalue weighted by Crippen LogP contribution is -1.97. The van der Waals surface area contributed by atoms with Crippen molar-refractivity contribution in [2.24, 2.45) is 0 Å². The first-order chi connectivity index (χ1) is 10.6. The molecule has 5 nitrogen and oxygen atoms in total. The number of nitrogens with zero attached hydrogens (tertiary/aromatic N) is 3. The zero-order valence-corrected chi connectivity index (χ0v) is 13.2. The number of benzene rings is 2. The van der Waals surface area contributed by atoms with Gasteiger partial charge in [-0.15, -0.1) is 10.2 Å². The summed E-state index contributed by atoms with van der Waals surface area (Å²) >= 11 is 12.5. The van der Waals surface area contributed by atoms with Crippen LogP contribution < -0.4 is 4.74 Å². The predicted octanol–water partition coefficient (Wildman–Crippen LogP) is 4.06. The molecule has 112 valence electrons. The SMILES string of the molecule is Cc1cccc(COc2c(Cl)cc(-c3nn[nH]n3)cc2Cl)c1. The lowest BCUT2D eigenvalue weighted by Gasteiger charge is -2.11. The molecule has 2 aromatic carbocycles. The van der Waals surface area contributed by atoms with Gasteiger partial charge in [-0.25, -0.2) is 0 Å². The average molecular weight is 335 g/mol. The maximum atomic E-state index is 6.25. The lowest BCUT2D eigenvalue weighted by molar-refractivity contribution is 0.306. The highest BCUT2D eigenvalue weighted by atomic mass is 35.5. The number of tetrazole rings is 1. The lowest BCUT2D eigenvalue weighted by atomic mass is 10.1. The van der Waals surface area contributed by atoms with Crippen molar-refractivity contribution >= 4 is 23.2 Å². The highest BCUT2D eigenvalue weighted by Gasteiger charge is 2.13. The minimum atomic E-state index is 0.392. The van der Waals surface area contributed by atoms with E-state index in [2.05, 4.69) is 26.7 Å². The Bertz CT molecular complexity index is 767. The summed E-state index contributed by atoms with van der Waals surface area (Å²) in [5.74, 6) is 0.867.